The minimum atomic E-state index is -5.72. The monoisotopic (exact) mass is 590 g/mol. The molecule has 0 saturated carbocycles. The van der Waals surface area contributed by atoms with E-state index in [0.29, 0.717) is 22.9 Å². The van der Waals surface area contributed by atoms with Crippen LogP contribution in [0.4, 0.5) is 37.7 Å². The second-order valence-corrected chi connectivity index (χ2v) is 8.14. The Kier molecular flexibility index (Phi) is 9.65. The Morgan fingerprint density at radius 1 is 0.410 bits per heavy atom. The first-order valence-corrected chi connectivity index (χ1v) is 10.8. The van der Waals surface area contributed by atoms with E-state index in [0.717, 1.165) is 48.5 Å². The summed E-state index contributed by atoms with van der Waals surface area (Å²) < 4.78 is 97.5. The Morgan fingerprint density at radius 2 is 0.641 bits per heavy atom. The number of alkyl halides is 6. The van der Waals surface area contributed by atoms with Gasteiger partial charge in [0.2, 0.25) is 5.41 Å². The third-order valence-electron chi connectivity index (χ3n) is 5.66. The Morgan fingerprint density at radius 3 is 0.872 bits per heavy atom. The van der Waals surface area contributed by atoms with Crippen LogP contribution < -0.4 is 20.9 Å². The summed E-state index contributed by atoms with van der Waals surface area (Å²) in [7, 11) is 0. The zero-order valence-electron chi connectivity index (χ0n) is 19.8. The summed E-state index contributed by atoms with van der Waals surface area (Å²) in [5, 5.41) is 0. The normalized spacial score (nSPS) is 11.6. The minimum Gasteiger partial charge on any atom is -0.457 e. The summed E-state index contributed by atoms with van der Waals surface area (Å²) >= 11 is 0. The van der Waals surface area contributed by atoms with Crippen molar-refractivity contribution in [1.82, 2.24) is 0 Å². The van der Waals surface area contributed by atoms with Crippen molar-refractivity contribution < 1.29 is 35.8 Å². The largest absolute Gasteiger partial charge is 0.457 e. The molecule has 4 N–H and O–H groups in total. The van der Waals surface area contributed by atoms with Gasteiger partial charge in [-0.1, -0.05) is 24.3 Å². The highest BCUT2D eigenvalue weighted by molar-refractivity contribution is 5.85. The SMILES string of the molecule is Cl.Cl.Nc1ccc(Oc2ccc(C(c3ccc(Oc4ccc(N)cc4)cc3)(C(F)(F)F)C(F)(F)F)cc2)cc1. The molecular weight excluding hydrogens is 569 g/mol. The summed E-state index contributed by atoms with van der Waals surface area (Å²) in [5.41, 5.74) is 5.81. The molecule has 4 nitrogen and oxygen atoms in total. The first-order valence-electron chi connectivity index (χ1n) is 10.8. The lowest BCUT2D eigenvalue weighted by Crippen LogP contribution is -2.54. The van der Waals surface area contributed by atoms with Crippen molar-refractivity contribution in [3.63, 3.8) is 0 Å². The lowest BCUT2D eigenvalue weighted by atomic mass is 9.73. The smallest absolute Gasteiger partial charge is 0.411 e. The maximum atomic E-state index is 14.4. The van der Waals surface area contributed by atoms with Crippen molar-refractivity contribution in [3.8, 4) is 23.0 Å². The van der Waals surface area contributed by atoms with E-state index in [2.05, 4.69) is 0 Å². The van der Waals surface area contributed by atoms with Gasteiger partial charge >= 0.3 is 12.4 Å². The molecule has 208 valence electrons. The third-order valence-corrected chi connectivity index (χ3v) is 5.66. The van der Waals surface area contributed by atoms with E-state index in [1.165, 1.54) is 24.3 Å². The first kappa shape index (κ1) is 31.5. The van der Waals surface area contributed by atoms with Crippen molar-refractivity contribution in [2.24, 2.45) is 0 Å². The molecular formula is C27H22Cl2F6N2O2. The van der Waals surface area contributed by atoms with Gasteiger partial charge in [0.1, 0.15) is 23.0 Å². The predicted octanol–water partition coefficient (Wildman–Crippen LogP) is 8.69. The number of benzene rings is 4. The molecule has 4 aromatic carbocycles. The summed E-state index contributed by atoms with van der Waals surface area (Å²) in [6.45, 7) is 0. The van der Waals surface area contributed by atoms with Gasteiger partial charge in [0.05, 0.1) is 0 Å². The predicted molar refractivity (Wildman–Crippen MR) is 142 cm³/mol. The number of nitrogen functional groups attached to an aromatic ring is 2. The zero-order chi connectivity index (χ0) is 26.8. The third kappa shape index (κ3) is 6.46. The number of anilines is 2. The molecule has 0 aliphatic carbocycles. The molecule has 0 atom stereocenters. The quantitative estimate of drug-likeness (QED) is 0.174. The summed E-state index contributed by atoms with van der Waals surface area (Å²) in [5.74, 6) is 0.742. The number of rotatable bonds is 6. The van der Waals surface area contributed by atoms with E-state index in [9.17, 15) is 26.3 Å². The molecule has 0 spiro atoms. The number of hydrogen-bond donors (Lipinski definition) is 2. The van der Waals surface area contributed by atoms with E-state index in [4.69, 9.17) is 20.9 Å². The van der Waals surface area contributed by atoms with E-state index < -0.39 is 28.9 Å². The van der Waals surface area contributed by atoms with E-state index in [-0.39, 0.29) is 36.3 Å². The van der Waals surface area contributed by atoms with Crippen molar-refractivity contribution in [1.29, 1.82) is 0 Å². The maximum Gasteiger partial charge on any atom is 0.411 e. The number of nitrogens with two attached hydrogens (primary N) is 2. The summed E-state index contributed by atoms with van der Waals surface area (Å²) in [6.07, 6.45) is -11.4. The molecule has 0 fully saturated rings. The Balaban J connectivity index is 0.00000267. The summed E-state index contributed by atoms with van der Waals surface area (Å²) in [6, 6.07) is 19.5. The number of halogens is 8. The molecule has 4 rings (SSSR count). The fourth-order valence-electron chi connectivity index (χ4n) is 3.87. The molecule has 0 amide bonds. The second kappa shape index (κ2) is 12.0. The highest BCUT2D eigenvalue weighted by atomic mass is 35.5. The van der Waals surface area contributed by atoms with Gasteiger partial charge in [0.15, 0.2) is 0 Å². The fourth-order valence-corrected chi connectivity index (χ4v) is 3.87. The van der Waals surface area contributed by atoms with Crippen LogP contribution in [0.15, 0.2) is 97.1 Å². The van der Waals surface area contributed by atoms with Crippen LogP contribution in [-0.2, 0) is 5.41 Å². The van der Waals surface area contributed by atoms with Crippen LogP contribution in [0.5, 0.6) is 23.0 Å². The zero-order valence-corrected chi connectivity index (χ0v) is 21.4. The molecule has 0 aromatic heterocycles. The van der Waals surface area contributed by atoms with Crippen LogP contribution in [0.3, 0.4) is 0 Å². The van der Waals surface area contributed by atoms with Crippen LogP contribution >= 0.6 is 24.8 Å². The van der Waals surface area contributed by atoms with Crippen molar-refractivity contribution in [3.05, 3.63) is 108 Å². The van der Waals surface area contributed by atoms with Gasteiger partial charge in [-0.25, -0.2) is 0 Å². The van der Waals surface area contributed by atoms with Gasteiger partial charge < -0.3 is 20.9 Å². The Hall–Kier alpha value is -3.76. The molecule has 0 unspecified atom stereocenters. The van der Waals surface area contributed by atoms with E-state index >= 15 is 0 Å². The second-order valence-electron chi connectivity index (χ2n) is 8.14. The molecule has 0 aliphatic rings. The number of ether oxygens (including phenoxy) is 2. The Bertz CT molecular complexity index is 1240. The van der Waals surface area contributed by atoms with Crippen LogP contribution in [0, 0.1) is 0 Å². The van der Waals surface area contributed by atoms with Gasteiger partial charge in [-0.3, -0.25) is 0 Å². The molecule has 0 saturated heterocycles. The molecule has 0 aliphatic heterocycles. The number of hydrogen-bond acceptors (Lipinski definition) is 4. The highest BCUT2D eigenvalue weighted by Gasteiger charge is 2.72. The summed E-state index contributed by atoms with van der Waals surface area (Å²) in [4.78, 5) is 0. The van der Waals surface area contributed by atoms with Gasteiger partial charge in [-0.05, 0) is 83.9 Å². The van der Waals surface area contributed by atoms with Gasteiger partial charge in [-0.15, -0.1) is 24.8 Å². The van der Waals surface area contributed by atoms with Crippen LogP contribution in [0.2, 0.25) is 0 Å². The van der Waals surface area contributed by atoms with E-state index in [1.807, 2.05) is 0 Å². The molecule has 0 bridgehead atoms. The van der Waals surface area contributed by atoms with Crippen molar-refractivity contribution >= 4 is 36.2 Å². The average Bonchev–Trinajstić information content (AvgIpc) is 2.83. The van der Waals surface area contributed by atoms with E-state index in [1.54, 1.807) is 24.3 Å². The highest BCUT2D eigenvalue weighted by Crippen LogP contribution is 2.56. The standard InChI is InChI=1S/C27H20F6N2O2.2ClH/c28-26(29,30)25(27(31,32)33,17-1-9-21(10-2-17)36-23-13-5-19(34)6-14-23)18-3-11-22(12-4-18)37-24-15-7-20(35)8-16-24;;/h1-16H,34-35H2;2*1H. The van der Waals surface area contributed by atoms with Gasteiger partial charge in [-0.2, -0.15) is 26.3 Å². The van der Waals surface area contributed by atoms with Crippen molar-refractivity contribution in [2.75, 3.05) is 11.5 Å². The molecule has 4 aromatic rings. The molecule has 0 heterocycles. The van der Waals surface area contributed by atoms with Crippen molar-refractivity contribution in [2.45, 2.75) is 17.8 Å². The molecule has 0 radical (unpaired) electrons. The molecule has 39 heavy (non-hydrogen) atoms. The van der Waals surface area contributed by atoms with Crippen LogP contribution in [-0.4, -0.2) is 12.4 Å². The lowest BCUT2D eigenvalue weighted by molar-refractivity contribution is -0.288. The maximum absolute atomic E-state index is 14.4. The topological polar surface area (TPSA) is 70.5 Å². The molecule has 12 heteroatoms. The Labute approximate surface area is 232 Å². The van der Waals surface area contributed by atoms with Crippen LogP contribution in [0.1, 0.15) is 11.1 Å². The van der Waals surface area contributed by atoms with Crippen LogP contribution in [0.25, 0.3) is 0 Å². The average molecular weight is 591 g/mol. The first-order chi connectivity index (χ1) is 17.4. The fraction of sp³-hybridized carbons (Fsp3) is 0.111. The van der Waals surface area contributed by atoms with Gasteiger partial charge in [0.25, 0.3) is 0 Å². The van der Waals surface area contributed by atoms with Gasteiger partial charge in [0, 0.05) is 11.4 Å². The minimum absolute atomic E-state index is 0. The lowest BCUT2D eigenvalue weighted by Gasteiger charge is -2.38.